The Bertz CT molecular complexity index is 629. The highest BCUT2D eigenvalue weighted by Gasteiger charge is 2.24. The van der Waals surface area contributed by atoms with Gasteiger partial charge in [0.15, 0.2) is 0 Å². The third kappa shape index (κ3) is 3.55. The molecule has 2 aromatic carbocycles. The second kappa shape index (κ2) is 6.92. The van der Waals surface area contributed by atoms with Crippen LogP contribution in [0.3, 0.4) is 0 Å². The number of hydrogen-bond donors (Lipinski definition) is 1. The molecule has 1 atom stereocenters. The minimum absolute atomic E-state index is 0. The van der Waals surface area contributed by atoms with Gasteiger partial charge in [-0.15, -0.1) is 12.4 Å². The van der Waals surface area contributed by atoms with E-state index in [-0.39, 0.29) is 18.3 Å². The highest BCUT2D eigenvalue weighted by Crippen LogP contribution is 2.19. The number of likely N-dealkylation sites (tertiary alicyclic amines) is 1. The molecule has 1 amide bonds. The van der Waals surface area contributed by atoms with Gasteiger partial charge >= 0.3 is 0 Å². The Morgan fingerprint density at radius 1 is 1.19 bits per heavy atom. The highest BCUT2D eigenvalue weighted by molar-refractivity contribution is 5.86. The fourth-order valence-electron chi connectivity index (χ4n) is 2.89. The normalized spacial score (nSPS) is 17.8. The molecule has 3 nitrogen and oxygen atoms in total. The highest BCUT2D eigenvalue weighted by atomic mass is 35.5. The monoisotopic (exact) mass is 304 g/mol. The Hall–Kier alpha value is -1.58. The molecule has 1 aliphatic heterocycles. The average molecular weight is 305 g/mol. The first-order chi connectivity index (χ1) is 9.76. The number of fused-ring (bicyclic) bond motifs is 1. The summed E-state index contributed by atoms with van der Waals surface area (Å²) in [5.41, 5.74) is 6.76. The third-order valence-electron chi connectivity index (χ3n) is 4.14. The zero-order valence-corrected chi connectivity index (χ0v) is 12.8. The van der Waals surface area contributed by atoms with Crippen molar-refractivity contribution in [2.45, 2.75) is 12.8 Å². The predicted octanol–water partition coefficient (Wildman–Crippen LogP) is 2.61. The van der Waals surface area contributed by atoms with Crippen LogP contribution in [-0.2, 0) is 11.2 Å². The van der Waals surface area contributed by atoms with E-state index in [1.54, 1.807) is 0 Å². The van der Waals surface area contributed by atoms with E-state index in [2.05, 4.69) is 30.3 Å². The second-order valence-electron chi connectivity index (χ2n) is 5.59. The maximum Gasteiger partial charge on any atom is 0.226 e. The molecule has 1 saturated heterocycles. The Kier molecular flexibility index (Phi) is 5.21. The lowest BCUT2D eigenvalue weighted by atomic mass is 10.0. The van der Waals surface area contributed by atoms with Crippen LogP contribution in [0.4, 0.5) is 0 Å². The maximum atomic E-state index is 12.3. The SMILES string of the molecule is Cl.NCC1CCN(C(=O)Cc2ccc3ccccc3c2)C1. The molecule has 2 N–H and O–H groups in total. The first-order valence-electron chi connectivity index (χ1n) is 7.22. The number of benzene rings is 2. The molecule has 0 aromatic heterocycles. The zero-order chi connectivity index (χ0) is 13.9. The number of carbonyl (C=O) groups excluding carboxylic acids is 1. The molecule has 1 aliphatic rings. The van der Waals surface area contributed by atoms with E-state index in [4.69, 9.17) is 5.73 Å². The van der Waals surface area contributed by atoms with Crippen molar-refractivity contribution < 1.29 is 4.79 Å². The molecule has 0 aliphatic carbocycles. The van der Waals surface area contributed by atoms with Crippen LogP contribution in [0, 0.1) is 5.92 Å². The molecule has 1 unspecified atom stereocenters. The van der Waals surface area contributed by atoms with Gasteiger partial charge in [-0.2, -0.15) is 0 Å². The summed E-state index contributed by atoms with van der Waals surface area (Å²) >= 11 is 0. The largest absolute Gasteiger partial charge is 0.342 e. The number of amides is 1. The molecule has 3 rings (SSSR count). The summed E-state index contributed by atoms with van der Waals surface area (Å²) in [4.78, 5) is 14.2. The van der Waals surface area contributed by atoms with Crippen molar-refractivity contribution in [3.05, 3.63) is 48.0 Å². The third-order valence-corrected chi connectivity index (χ3v) is 4.14. The Labute approximate surface area is 131 Å². The topological polar surface area (TPSA) is 46.3 Å². The van der Waals surface area contributed by atoms with Gasteiger partial charge in [0.05, 0.1) is 6.42 Å². The number of carbonyl (C=O) groups is 1. The molecule has 0 bridgehead atoms. The molecule has 1 fully saturated rings. The predicted molar refractivity (Wildman–Crippen MR) is 88.6 cm³/mol. The van der Waals surface area contributed by atoms with Gasteiger partial charge in [0.25, 0.3) is 0 Å². The smallest absolute Gasteiger partial charge is 0.226 e. The van der Waals surface area contributed by atoms with Crippen molar-refractivity contribution in [2.24, 2.45) is 11.7 Å². The Morgan fingerprint density at radius 3 is 2.67 bits per heavy atom. The fourth-order valence-corrected chi connectivity index (χ4v) is 2.89. The van der Waals surface area contributed by atoms with Crippen molar-refractivity contribution in [3.63, 3.8) is 0 Å². The summed E-state index contributed by atoms with van der Waals surface area (Å²) in [5, 5.41) is 2.41. The summed E-state index contributed by atoms with van der Waals surface area (Å²) in [6.07, 6.45) is 1.53. The van der Waals surface area contributed by atoms with Crippen LogP contribution in [0.2, 0.25) is 0 Å². The van der Waals surface area contributed by atoms with Crippen molar-refractivity contribution in [1.29, 1.82) is 0 Å². The first-order valence-corrected chi connectivity index (χ1v) is 7.22. The molecule has 0 spiro atoms. The van der Waals surface area contributed by atoms with E-state index in [0.29, 0.717) is 18.9 Å². The Morgan fingerprint density at radius 2 is 1.95 bits per heavy atom. The van der Waals surface area contributed by atoms with Crippen molar-refractivity contribution in [3.8, 4) is 0 Å². The van der Waals surface area contributed by atoms with Crippen LogP contribution in [0.25, 0.3) is 10.8 Å². The maximum absolute atomic E-state index is 12.3. The van der Waals surface area contributed by atoms with Gasteiger partial charge in [-0.3, -0.25) is 4.79 Å². The van der Waals surface area contributed by atoms with Crippen LogP contribution in [0.1, 0.15) is 12.0 Å². The number of nitrogens with two attached hydrogens (primary N) is 1. The van der Waals surface area contributed by atoms with E-state index in [0.717, 1.165) is 25.1 Å². The summed E-state index contributed by atoms with van der Waals surface area (Å²) in [6.45, 7) is 2.36. The van der Waals surface area contributed by atoms with Gasteiger partial charge in [-0.05, 0) is 35.2 Å². The second-order valence-corrected chi connectivity index (χ2v) is 5.59. The van der Waals surface area contributed by atoms with E-state index in [1.165, 1.54) is 10.8 Å². The summed E-state index contributed by atoms with van der Waals surface area (Å²) in [6, 6.07) is 14.5. The quantitative estimate of drug-likeness (QED) is 0.947. The van der Waals surface area contributed by atoms with Crippen LogP contribution in [0.15, 0.2) is 42.5 Å². The van der Waals surface area contributed by atoms with Gasteiger partial charge in [0.1, 0.15) is 0 Å². The van der Waals surface area contributed by atoms with E-state index in [1.807, 2.05) is 17.0 Å². The van der Waals surface area contributed by atoms with Gasteiger partial charge < -0.3 is 10.6 Å². The lowest BCUT2D eigenvalue weighted by molar-refractivity contribution is -0.129. The van der Waals surface area contributed by atoms with E-state index >= 15 is 0 Å². The molecule has 1 heterocycles. The number of halogens is 1. The Balaban J connectivity index is 0.00000161. The molecule has 4 heteroatoms. The number of hydrogen-bond acceptors (Lipinski definition) is 2. The molecule has 21 heavy (non-hydrogen) atoms. The first kappa shape index (κ1) is 15.8. The number of rotatable bonds is 3. The number of nitrogens with zero attached hydrogens (tertiary/aromatic N) is 1. The molecule has 2 aromatic rings. The lowest BCUT2D eigenvalue weighted by Gasteiger charge is -2.16. The van der Waals surface area contributed by atoms with Gasteiger partial charge in [-0.25, -0.2) is 0 Å². The van der Waals surface area contributed by atoms with Crippen LogP contribution in [-0.4, -0.2) is 30.4 Å². The zero-order valence-electron chi connectivity index (χ0n) is 12.0. The minimum atomic E-state index is 0. The summed E-state index contributed by atoms with van der Waals surface area (Å²) < 4.78 is 0. The van der Waals surface area contributed by atoms with Crippen molar-refractivity contribution >= 4 is 29.1 Å². The van der Waals surface area contributed by atoms with E-state index in [9.17, 15) is 4.79 Å². The molecule has 0 saturated carbocycles. The molecular weight excluding hydrogens is 284 g/mol. The van der Waals surface area contributed by atoms with Crippen LogP contribution >= 0.6 is 12.4 Å². The summed E-state index contributed by atoms with van der Waals surface area (Å²) in [7, 11) is 0. The van der Waals surface area contributed by atoms with Crippen molar-refractivity contribution in [1.82, 2.24) is 4.90 Å². The lowest BCUT2D eigenvalue weighted by Crippen LogP contribution is -2.31. The van der Waals surface area contributed by atoms with Crippen LogP contribution in [0.5, 0.6) is 0 Å². The summed E-state index contributed by atoms with van der Waals surface area (Å²) in [5.74, 6) is 0.701. The van der Waals surface area contributed by atoms with Crippen molar-refractivity contribution in [2.75, 3.05) is 19.6 Å². The molecule has 112 valence electrons. The van der Waals surface area contributed by atoms with Gasteiger partial charge in [-0.1, -0.05) is 42.5 Å². The minimum Gasteiger partial charge on any atom is -0.342 e. The molecule has 0 radical (unpaired) electrons. The van der Waals surface area contributed by atoms with Crippen LogP contribution < -0.4 is 5.73 Å². The fraction of sp³-hybridized carbons (Fsp3) is 0.353. The van der Waals surface area contributed by atoms with Gasteiger partial charge in [0.2, 0.25) is 5.91 Å². The standard InChI is InChI=1S/C17H20N2O.ClH/c18-11-14-7-8-19(12-14)17(20)10-13-5-6-15-3-1-2-4-16(15)9-13;/h1-6,9,14H,7-8,10-12,18H2;1H. The molecular formula is C17H21ClN2O. The average Bonchev–Trinajstić information content (AvgIpc) is 2.96. The van der Waals surface area contributed by atoms with E-state index < -0.39 is 0 Å². The van der Waals surface area contributed by atoms with Gasteiger partial charge in [0, 0.05) is 13.1 Å².